The van der Waals surface area contributed by atoms with E-state index >= 15 is 0 Å². The quantitative estimate of drug-likeness (QED) is 0.679. The molecular formula is C20H19FN2O6. The van der Waals surface area contributed by atoms with Crippen LogP contribution in [-0.4, -0.2) is 37.2 Å². The number of cyclic esters (lactones) is 1. The zero-order valence-corrected chi connectivity index (χ0v) is 15.5. The van der Waals surface area contributed by atoms with Crippen molar-refractivity contribution in [2.75, 3.05) is 7.11 Å². The largest absolute Gasteiger partial charge is 0.468 e. The molecule has 0 bridgehead atoms. The van der Waals surface area contributed by atoms with E-state index in [1.54, 1.807) is 30.3 Å². The molecule has 3 N–H and O–H groups in total. The number of halogens is 1. The highest BCUT2D eigenvalue weighted by Crippen LogP contribution is 2.26. The summed E-state index contributed by atoms with van der Waals surface area (Å²) in [7, 11) is 1.24. The molecule has 3 rings (SSSR count). The lowest BCUT2D eigenvalue weighted by atomic mass is 10.1. The van der Waals surface area contributed by atoms with Crippen molar-refractivity contribution in [3.63, 3.8) is 0 Å². The highest BCUT2D eigenvalue weighted by Gasteiger charge is 2.32. The first kappa shape index (κ1) is 20.3. The molecule has 1 heterocycles. The van der Waals surface area contributed by atoms with E-state index in [4.69, 9.17) is 15.2 Å². The first-order chi connectivity index (χ1) is 13.9. The summed E-state index contributed by atoms with van der Waals surface area (Å²) < 4.78 is 29.3. The van der Waals surface area contributed by atoms with Gasteiger partial charge in [0.25, 0.3) is 5.91 Å². The van der Waals surface area contributed by atoms with E-state index < -0.39 is 35.9 Å². The molecule has 1 fully saturated rings. The van der Waals surface area contributed by atoms with Crippen LogP contribution in [0.25, 0.3) is 0 Å². The monoisotopic (exact) mass is 402 g/mol. The first-order valence-electron chi connectivity index (χ1n) is 8.76. The summed E-state index contributed by atoms with van der Waals surface area (Å²) in [5.41, 5.74) is 6.96. The summed E-state index contributed by atoms with van der Waals surface area (Å²) >= 11 is 0. The lowest BCUT2D eigenvalue weighted by Gasteiger charge is -2.12. The number of imide groups is 1. The minimum absolute atomic E-state index is 0.0113. The first-order valence-corrected chi connectivity index (χ1v) is 8.76. The van der Waals surface area contributed by atoms with Crippen LogP contribution in [0.1, 0.15) is 11.1 Å². The Morgan fingerprint density at radius 3 is 2.48 bits per heavy atom. The third-order valence-electron chi connectivity index (χ3n) is 4.30. The number of amides is 2. The fourth-order valence-electron chi connectivity index (χ4n) is 2.80. The van der Waals surface area contributed by atoms with Gasteiger partial charge in [-0.25, -0.2) is 9.18 Å². The van der Waals surface area contributed by atoms with Gasteiger partial charge in [-0.1, -0.05) is 18.2 Å². The molecular weight excluding hydrogens is 383 g/mol. The Morgan fingerprint density at radius 1 is 1.21 bits per heavy atom. The third-order valence-corrected chi connectivity index (χ3v) is 4.30. The number of nitrogens with one attached hydrogen (secondary N) is 1. The number of hydrogen-bond donors (Lipinski definition) is 2. The lowest BCUT2D eigenvalue weighted by Crippen LogP contribution is -2.33. The normalized spacial score (nSPS) is 16.7. The molecule has 29 heavy (non-hydrogen) atoms. The van der Waals surface area contributed by atoms with Crippen LogP contribution in [0.4, 0.5) is 9.18 Å². The number of carbonyl (C=O) groups excluding carboxylic acids is 3. The van der Waals surface area contributed by atoms with E-state index in [0.29, 0.717) is 11.3 Å². The summed E-state index contributed by atoms with van der Waals surface area (Å²) in [4.78, 5) is 33.9. The van der Waals surface area contributed by atoms with Crippen LogP contribution in [0, 0.1) is 5.82 Å². The van der Waals surface area contributed by atoms with Gasteiger partial charge in [0.05, 0.1) is 7.11 Å². The Hall–Kier alpha value is -3.46. The van der Waals surface area contributed by atoms with Crippen LogP contribution in [0.3, 0.4) is 0 Å². The second-order valence-corrected chi connectivity index (χ2v) is 6.43. The minimum atomic E-state index is -0.875. The number of nitrogens with two attached hydrogens (primary N) is 1. The Labute approximate surface area is 165 Å². The molecule has 2 atom stereocenters. The van der Waals surface area contributed by atoms with Crippen LogP contribution >= 0.6 is 0 Å². The van der Waals surface area contributed by atoms with Crippen molar-refractivity contribution in [2.45, 2.75) is 25.0 Å². The molecule has 0 aliphatic carbocycles. The van der Waals surface area contributed by atoms with Gasteiger partial charge in [-0.05, 0) is 41.8 Å². The number of rotatable bonds is 7. The van der Waals surface area contributed by atoms with Gasteiger partial charge in [0.1, 0.15) is 11.8 Å². The fraction of sp³-hybridized carbons (Fsp3) is 0.250. The number of hydrogen-bond acceptors (Lipinski definition) is 7. The van der Waals surface area contributed by atoms with Crippen molar-refractivity contribution < 1.29 is 33.0 Å². The highest BCUT2D eigenvalue weighted by atomic mass is 19.1. The van der Waals surface area contributed by atoms with Gasteiger partial charge in [-0.2, -0.15) is 0 Å². The SMILES string of the molecule is COC(=O)C(N)Cc1ccc(Oc2ccc(CC3OC(=O)NC3=O)cc2)c(F)c1. The maximum Gasteiger partial charge on any atom is 0.414 e. The van der Waals surface area contributed by atoms with Crippen LogP contribution in [-0.2, 0) is 31.9 Å². The molecule has 0 aromatic heterocycles. The van der Waals surface area contributed by atoms with Gasteiger partial charge in [0, 0.05) is 6.42 Å². The minimum Gasteiger partial charge on any atom is -0.468 e. The molecule has 9 heteroatoms. The van der Waals surface area contributed by atoms with Crippen molar-refractivity contribution in [3.05, 3.63) is 59.4 Å². The summed E-state index contributed by atoms with van der Waals surface area (Å²) in [5, 5.41) is 2.06. The molecule has 2 aromatic rings. The molecule has 2 amide bonds. The van der Waals surface area contributed by atoms with E-state index in [1.165, 1.54) is 19.2 Å². The Kier molecular flexibility index (Phi) is 6.08. The molecule has 2 aromatic carbocycles. The second-order valence-electron chi connectivity index (χ2n) is 6.43. The number of esters is 1. The van der Waals surface area contributed by atoms with Gasteiger partial charge < -0.3 is 19.9 Å². The summed E-state index contributed by atoms with van der Waals surface area (Å²) in [5.74, 6) is -1.25. The molecule has 0 spiro atoms. The van der Waals surface area contributed by atoms with Gasteiger partial charge in [0.15, 0.2) is 17.7 Å². The average molecular weight is 402 g/mol. The zero-order valence-electron chi connectivity index (χ0n) is 15.5. The van der Waals surface area contributed by atoms with Crippen LogP contribution in [0.15, 0.2) is 42.5 Å². The number of benzene rings is 2. The Balaban J connectivity index is 1.62. The number of methoxy groups -OCH3 is 1. The standard InChI is InChI=1S/C20H19FN2O6/c1-27-19(25)15(22)9-12-4-7-16(14(21)8-12)28-13-5-2-11(3-6-13)10-17-18(24)23-20(26)29-17/h2-8,15,17H,9-10,22H2,1H3,(H,23,24,26). The van der Waals surface area contributed by atoms with Gasteiger partial charge in [0.2, 0.25) is 0 Å². The molecule has 0 saturated carbocycles. The summed E-state index contributed by atoms with van der Waals surface area (Å²) in [6.07, 6.45) is -1.26. The van der Waals surface area contributed by atoms with E-state index in [9.17, 15) is 18.8 Å². The lowest BCUT2D eigenvalue weighted by molar-refractivity contribution is -0.142. The second kappa shape index (κ2) is 8.70. The predicted molar refractivity (Wildman–Crippen MR) is 98.7 cm³/mol. The number of alkyl carbamates (subject to hydrolysis) is 1. The zero-order chi connectivity index (χ0) is 21.0. The molecule has 1 saturated heterocycles. The highest BCUT2D eigenvalue weighted by molar-refractivity contribution is 6.00. The maximum atomic E-state index is 14.3. The number of ether oxygens (including phenoxy) is 3. The smallest absolute Gasteiger partial charge is 0.414 e. The topological polar surface area (TPSA) is 117 Å². The van der Waals surface area contributed by atoms with Crippen molar-refractivity contribution in [1.29, 1.82) is 0 Å². The van der Waals surface area contributed by atoms with Gasteiger partial charge in [-0.15, -0.1) is 0 Å². The van der Waals surface area contributed by atoms with Crippen LogP contribution in [0.5, 0.6) is 11.5 Å². The van der Waals surface area contributed by atoms with Crippen molar-refractivity contribution in [3.8, 4) is 11.5 Å². The third kappa shape index (κ3) is 5.08. The van der Waals surface area contributed by atoms with Crippen molar-refractivity contribution >= 4 is 18.0 Å². The van der Waals surface area contributed by atoms with E-state index in [2.05, 4.69) is 10.1 Å². The fourth-order valence-corrected chi connectivity index (χ4v) is 2.80. The van der Waals surface area contributed by atoms with Crippen LogP contribution < -0.4 is 15.8 Å². The van der Waals surface area contributed by atoms with Gasteiger partial charge in [-0.3, -0.25) is 14.9 Å². The summed E-state index contributed by atoms with van der Waals surface area (Å²) in [6, 6.07) is 10.1. The van der Waals surface area contributed by atoms with E-state index in [0.717, 1.165) is 5.56 Å². The van der Waals surface area contributed by atoms with Crippen molar-refractivity contribution in [1.82, 2.24) is 5.32 Å². The predicted octanol–water partition coefficient (Wildman–Crippen LogP) is 1.84. The summed E-state index contributed by atoms with van der Waals surface area (Å²) in [6.45, 7) is 0. The maximum absolute atomic E-state index is 14.3. The molecule has 1 aliphatic rings. The van der Waals surface area contributed by atoms with Crippen LogP contribution in [0.2, 0.25) is 0 Å². The molecule has 0 radical (unpaired) electrons. The number of carbonyl (C=O) groups is 3. The van der Waals surface area contributed by atoms with E-state index in [1.807, 2.05) is 0 Å². The molecule has 152 valence electrons. The van der Waals surface area contributed by atoms with Crippen molar-refractivity contribution in [2.24, 2.45) is 5.73 Å². The average Bonchev–Trinajstić information content (AvgIpc) is 3.01. The molecule has 1 aliphatic heterocycles. The Morgan fingerprint density at radius 2 is 1.90 bits per heavy atom. The van der Waals surface area contributed by atoms with Gasteiger partial charge >= 0.3 is 12.1 Å². The Bertz CT molecular complexity index is 931. The van der Waals surface area contributed by atoms with E-state index in [-0.39, 0.29) is 18.6 Å². The molecule has 8 nitrogen and oxygen atoms in total. The molecule has 2 unspecified atom stereocenters.